The molecule has 2 N–H and O–H groups in total. The predicted octanol–water partition coefficient (Wildman–Crippen LogP) is 8.68. The van der Waals surface area contributed by atoms with Gasteiger partial charge in [0.05, 0.1) is 26.2 Å². The van der Waals surface area contributed by atoms with Gasteiger partial charge in [-0.2, -0.15) is 0 Å². The summed E-state index contributed by atoms with van der Waals surface area (Å²) in [5.41, 5.74) is 0.961. The highest BCUT2D eigenvalue weighted by Crippen LogP contribution is 2.25. The molecule has 6 heteroatoms. The maximum absolute atomic E-state index is 12.6. The van der Waals surface area contributed by atoms with Crippen LogP contribution in [0.15, 0.2) is 109 Å². The fraction of sp³-hybridized carbons (Fsp3) is 0.400. The van der Waals surface area contributed by atoms with E-state index in [1.807, 2.05) is 49.4 Å². The molecule has 0 radical (unpaired) electrons. The number of nitrogens with one attached hydrogen (secondary N) is 2. The molecule has 2 amide bonds. The molecule has 0 fully saturated rings. The van der Waals surface area contributed by atoms with Crippen molar-refractivity contribution in [3.8, 4) is 5.75 Å². The topological polar surface area (TPSA) is 76.7 Å². The maximum Gasteiger partial charge on any atom is 0.227 e. The van der Waals surface area contributed by atoms with Crippen molar-refractivity contribution in [2.24, 2.45) is 0 Å². The van der Waals surface area contributed by atoms with Gasteiger partial charge in [0.15, 0.2) is 0 Å². The van der Waals surface area contributed by atoms with Gasteiger partial charge >= 0.3 is 0 Å². The molecule has 0 heterocycles. The Morgan fingerprint density at radius 1 is 0.696 bits per heavy atom. The second kappa shape index (κ2) is 25.1. The van der Waals surface area contributed by atoms with E-state index in [0.717, 1.165) is 60.6 Å². The van der Waals surface area contributed by atoms with E-state index in [9.17, 15) is 9.59 Å². The molecule has 248 valence electrons. The first kappa shape index (κ1) is 38.0. The first-order valence-corrected chi connectivity index (χ1v) is 16.6. The summed E-state index contributed by atoms with van der Waals surface area (Å²) in [6, 6.07) is 11.9. The molecule has 2 rings (SSSR count). The molecule has 6 nitrogen and oxygen atoms in total. The van der Waals surface area contributed by atoms with Gasteiger partial charge in [-0.1, -0.05) is 104 Å². The molecule has 2 aromatic carbocycles. The molecule has 0 aliphatic heterocycles. The molecule has 1 atom stereocenters. The minimum absolute atomic E-state index is 0.0130. The van der Waals surface area contributed by atoms with Gasteiger partial charge in [-0.05, 0) is 80.3 Å². The summed E-state index contributed by atoms with van der Waals surface area (Å²) in [4.78, 5) is 24.6. The zero-order chi connectivity index (χ0) is 33.1. The maximum atomic E-state index is 12.6. The lowest BCUT2D eigenvalue weighted by atomic mass is 9.97. The molecule has 0 aromatic heterocycles. The van der Waals surface area contributed by atoms with E-state index in [2.05, 4.69) is 84.4 Å². The average molecular weight is 627 g/mol. The zero-order valence-electron chi connectivity index (χ0n) is 28.1. The number of allylic oxidation sites excluding steroid dienone is 12. The summed E-state index contributed by atoms with van der Waals surface area (Å²) in [6.45, 7) is 5.72. The number of amides is 2. The molecule has 0 saturated heterocycles. The van der Waals surface area contributed by atoms with Gasteiger partial charge in [0.25, 0.3) is 0 Å². The van der Waals surface area contributed by atoms with Crippen molar-refractivity contribution in [1.82, 2.24) is 10.6 Å². The standard InChI is InChI=1S/C40H54N2O4/c1-4-5-6-7-8-9-10-11-12-13-14-15-16-17-18-19-20-21-22-23-39(43)41-28-30-46-31-29-42-40(44)34(2)35-24-25-37-33-38(45-3)27-26-36(37)32-35/h5-6,8-9,11-12,14-15,17-18,20-21,24-27,32-34H,4,7,10,13,16,19,22-23,28-31H2,1-3H3,(H,41,43)(H,42,44)/t34-/m0/s1. The number of hydrogen-bond acceptors (Lipinski definition) is 4. The molecule has 0 saturated carbocycles. The zero-order valence-corrected chi connectivity index (χ0v) is 28.1. The van der Waals surface area contributed by atoms with E-state index in [-0.39, 0.29) is 17.7 Å². The highest BCUT2D eigenvalue weighted by molar-refractivity contribution is 5.88. The van der Waals surface area contributed by atoms with E-state index in [1.54, 1.807) is 7.11 Å². The summed E-state index contributed by atoms with van der Waals surface area (Å²) < 4.78 is 10.9. The van der Waals surface area contributed by atoms with Crippen molar-refractivity contribution in [1.29, 1.82) is 0 Å². The highest BCUT2D eigenvalue weighted by Gasteiger charge is 2.15. The van der Waals surface area contributed by atoms with Crippen LogP contribution < -0.4 is 15.4 Å². The van der Waals surface area contributed by atoms with Gasteiger partial charge in [0.2, 0.25) is 11.8 Å². The van der Waals surface area contributed by atoms with Gasteiger partial charge in [-0.25, -0.2) is 0 Å². The second-order valence-electron chi connectivity index (χ2n) is 10.9. The van der Waals surface area contributed by atoms with Crippen molar-refractivity contribution < 1.29 is 19.1 Å². The smallest absolute Gasteiger partial charge is 0.227 e. The summed E-state index contributed by atoms with van der Waals surface area (Å²) in [6.07, 6.45) is 33.1. The summed E-state index contributed by atoms with van der Waals surface area (Å²) in [5, 5.41) is 7.95. The SMILES string of the molecule is CCC=CCC=CCC=CCC=CCC=CCC=CCCC(=O)NCCOCCNC(=O)[C@@H](C)c1ccc2cc(OC)ccc2c1. The highest BCUT2D eigenvalue weighted by atomic mass is 16.5. The Bertz CT molecular complexity index is 1340. The first-order valence-electron chi connectivity index (χ1n) is 16.6. The average Bonchev–Trinajstić information content (AvgIpc) is 3.07. The lowest BCUT2D eigenvalue weighted by Crippen LogP contribution is -2.32. The molecule has 0 unspecified atom stereocenters. The minimum atomic E-state index is -0.271. The Balaban J connectivity index is 1.43. The number of rotatable bonds is 23. The van der Waals surface area contributed by atoms with Crippen LogP contribution in [0.1, 0.15) is 76.7 Å². The number of carbonyl (C=O) groups is 2. The number of benzene rings is 2. The van der Waals surface area contributed by atoms with Crippen molar-refractivity contribution >= 4 is 22.6 Å². The number of hydrogen-bond donors (Lipinski definition) is 2. The summed E-state index contributed by atoms with van der Waals surface area (Å²) in [5.74, 6) is 0.511. The summed E-state index contributed by atoms with van der Waals surface area (Å²) in [7, 11) is 1.65. The largest absolute Gasteiger partial charge is 0.497 e. The van der Waals surface area contributed by atoms with Crippen LogP contribution in [0.5, 0.6) is 5.75 Å². The first-order chi connectivity index (χ1) is 22.5. The van der Waals surface area contributed by atoms with Crippen LogP contribution in [0.3, 0.4) is 0 Å². The third-order valence-electron chi connectivity index (χ3n) is 7.21. The second-order valence-corrected chi connectivity index (χ2v) is 10.9. The van der Waals surface area contributed by atoms with Gasteiger partial charge < -0.3 is 20.1 Å². The Hall–Kier alpha value is -4.16. The molecular formula is C40H54N2O4. The van der Waals surface area contributed by atoms with Crippen LogP contribution in [-0.2, 0) is 14.3 Å². The van der Waals surface area contributed by atoms with Gasteiger partial charge in [-0.3, -0.25) is 9.59 Å². The minimum Gasteiger partial charge on any atom is -0.497 e. The normalized spacial score (nSPS) is 12.9. The lowest BCUT2D eigenvalue weighted by Gasteiger charge is -2.14. The third kappa shape index (κ3) is 17.4. The van der Waals surface area contributed by atoms with Crippen molar-refractivity contribution in [3.05, 3.63) is 115 Å². The molecule has 2 aromatic rings. The predicted molar refractivity (Wildman–Crippen MR) is 193 cm³/mol. The van der Waals surface area contributed by atoms with Crippen LogP contribution >= 0.6 is 0 Å². The van der Waals surface area contributed by atoms with E-state index < -0.39 is 0 Å². The Labute approximate surface area is 277 Å². The van der Waals surface area contributed by atoms with Gasteiger partial charge in [-0.15, -0.1) is 0 Å². The van der Waals surface area contributed by atoms with Crippen LogP contribution in [-0.4, -0.2) is 45.2 Å². The Morgan fingerprint density at radius 2 is 1.22 bits per heavy atom. The van der Waals surface area contributed by atoms with Crippen molar-refractivity contribution in [3.63, 3.8) is 0 Å². The van der Waals surface area contributed by atoms with Gasteiger partial charge in [0, 0.05) is 19.5 Å². The quantitative estimate of drug-likeness (QED) is 0.0956. The fourth-order valence-electron chi connectivity index (χ4n) is 4.50. The Kier molecular flexibility index (Phi) is 20.7. The van der Waals surface area contributed by atoms with E-state index in [1.165, 1.54) is 0 Å². The summed E-state index contributed by atoms with van der Waals surface area (Å²) >= 11 is 0. The third-order valence-corrected chi connectivity index (χ3v) is 7.21. The molecular weight excluding hydrogens is 572 g/mol. The van der Waals surface area contributed by atoms with E-state index in [0.29, 0.717) is 39.1 Å². The number of ether oxygens (including phenoxy) is 2. The molecule has 46 heavy (non-hydrogen) atoms. The molecule has 0 spiro atoms. The van der Waals surface area contributed by atoms with Crippen LogP contribution in [0, 0.1) is 0 Å². The van der Waals surface area contributed by atoms with E-state index in [4.69, 9.17) is 9.47 Å². The van der Waals surface area contributed by atoms with Crippen LogP contribution in [0.4, 0.5) is 0 Å². The fourth-order valence-corrected chi connectivity index (χ4v) is 4.50. The number of methoxy groups -OCH3 is 1. The van der Waals surface area contributed by atoms with Crippen LogP contribution in [0.2, 0.25) is 0 Å². The van der Waals surface area contributed by atoms with Crippen molar-refractivity contribution in [2.75, 3.05) is 33.4 Å². The molecule has 0 aliphatic rings. The molecule has 0 bridgehead atoms. The molecule has 0 aliphatic carbocycles. The number of fused-ring (bicyclic) bond motifs is 1. The lowest BCUT2D eigenvalue weighted by molar-refractivity contribution is -0.122. The monoisotopic (exact) mass is 626 g/mol. The Morgan fingerprint density at radius 3 is 1.80 bits per heavy atom. The van der Waals surface area contributed by atoms with E-state index >= 15 is 0 Å². The number of carbonyl (C=O) groups excluding carboxylic acids is 2. The van der Waals surface area contributed by atoms with Crippen LogP contribution in [0.25, 0.3) is 10.8 Å². The van der Waals surface area contributed by atoms with Gasteiger partial charge in [0.1, 0.15) is 5.75 Å². The van der Waals surface area contributed by atoms with Crippen molar-refractivity contribution in [2.45, 2.75) is 71.1 Å².